The number of rotatable bonds is 0. The van der Waals surface area contributed by atoms with Crippen molar-refractivity contribution in [2.45, 2.75) is 11.8 Å². The van der Waals surface area contributed by atoms with E-state index in [-0.39, 0.29) is 5.82 Å². The maximum Gasteiger partial charge on any atom is 0.125 e. The van der Waals surface area contributed by atoms with Crippen LogP contribution in [0.15, 0.2) is 23.1 Å². The summed E-state index contributed by atoms with van der Waals surface area (Å²) in [6, 6.07) is 4.93. The number of hydrogen-bond donors (Lipinski definition) is 1. The Labute approximate surface area is 81.7 Å². The van der Waals surface area contributed by atoms with E-state index in [9.17, 15) is 4.39 Å². The fourth-order valence-corrected chi connectivity index (χ4v) is 2.37. The van der Waals surface area contributed by atoms with Crippen molar-refractivity contribution in [3.05, 3.63) is 24.0 Å². The molecule has 70 valence electrons. The molecule has 1 heterocycles. The van der Waals surface area contributed by atoms with Crippen molar-refractivity contribution < 1.29 is 4.39 Å². The lowest BCUT2D eigenvalue weighted by Gasteiger charge is -2.07. The second-order valence-corrected chi connectivity index (χ2v) is 4.50. The molecule has 1 aliphatic heterocycles. The maximum atomic E-state index is 12.9. The number of fused-ring (bicyclic) bond motifs is 1. The highest BCUT2D eigenvalue weighted by molar-refractivity contribution is 7.99. The van der Waals surface area contributed by atoms with Gasteiger partial charge in [-0.25, -0.2) is 4.39 Å². The van der Waals surface area contributed by atoms with Gasteiger partial charge in [0.1, 0.15) is 5.82 Å². The van der Waals surface area contributed by atoms with Gasteiger partial charge in [-0.3, -0.25) is 0 Å². The van der Waals surface area contributed by atoms with E-state index in [0.717, 1.165) is 22.9 Å². The van der Waals surface area contributed by atoms with Crippen LogP contribution in [0.3, 0.4) is 0 Å². The van der Waals surface area contributed by atoms with E-state index in [1.165, 1.54) is 6.07 Å². The predicted octanol–water partition coefficient (Wildman–Crippen LogP) is 2.98. The monoisotopic (exact) mass is 197 g/mol. The zero-order valence-electron chi connectivity index (χ0n) is 7.51. The molecule has 3 heteroatoms. The van der Waals surface area contributed by atoms with Gasteiger partial charge < -0.3 is 5.32 Å². The Kier molecular flexibility index (Phi) is 2.44. The molecular weight excluding hydrogens is 185 g/mol. The molecule has 0 aliphatic carbocycles. The number of halogens is 1. The molecule has 1 N–H and O–H groups in total. The zero-order valence-corrected chi connectivity index (χ0v) is 8.33. The van der Waals surface area contributed by atoms with E-state index in [0.29, 0.717) is 5.92 Å². The summed E-state index contributed by atoms with van der Waals surface area (Å²) in [6.07, 6.45) is 0. The Morgan fingerprint density at radius 3 is 3.23 bits per heavy atom. The summed E-state index contributed by atoms with van der Waals surface area (Å²) < 4.78 is 12.9. The number of hydrogen-bond acceptors (Lipinski definition) is 2. The minimum atomic E-state index is -0.165. The summed E-state index contributed by atoms with van der Waals surface area (Å²) in [5.74, 6) is 1.58. The van der Waals surface area contributed by atoms with Gasteiger partial charge in [-0.05, 0) is 24.1 Å². The van der Waals surface area contributed by atoms with E-state index < -0.39 is 0 Å². The van der Waals surface area contributed by atoms with Crippen molar-refractivity contribution in [3.8, 4) is 0 Å². The molecule has 1 unspecified atom stereocenters. The van der Waals surface area contributed by atoms with Crippen LogP contribution in [0.25, 0.3) is 0 Å². The third-order valence-electron chi connectivity index (χ3n) is 2.11. The second kappa shape index (κ2) is 3.58. The zero-order chi connectivity index (χ0) is 9.26. The van der Waals surface area contributed by atoms with Crippen LogP contribution >= 0.6 is 11.8 Å². The largest absolute Gasteiger partial charge is 0.384 e. The Bertz CT molecular complexity index is 314. The number of anilines is 1. The molecule has 0 aromatic heterocycles. The van der Waals surface area contributed by atoms with Gasteiger partial charge in [0.15, 0.2) is 0 Å². The minimum absolute atomic E-state index is 0.165. The molecular formula is C10H12FNS. The first kappa shape index (κ1) is 8.88. The average Bonchev–Trinajstić information content (AvgIpc) is 2.29. The van der Waals surface area contributed by atoms with Crippen LogP contribution in [0.5, 0.6) is 0 Å². The van der Waals surface area contributed by atoms with Crippen LogP contribution in [0.4, 0.5) is 10.1 Å². The molecule has 1 atom stereocenters. The van der Waals surface area contributed by atoms with E-state index in [1.807, 2.05) is 6.07 Å². The van der Waals surface area contributed by atoms with E-state index in [4.69, 9.17) is 0 Å². The van der Waals surface area contributed by atoms with Crippen molar-refractivity contribution >= 4 is 17.4 Å². The molecule has 1 nitrogen and oxygen atoms in total. The number of nitrogens with one attached hydrogen (secondary N) is 1. The van der Waals surface area contributed by atoms with E-state index in [2.05, 4.69) is 12.2 Å². The highest BCUT2D eigenvalue weighted by Crippen LogP contribution is 2.32. The molecule has 0 spiro atoms. The smallest absolute Gasteiger partial charge is 0.125 e. The normalized spacial score (nSPS) is 21.5. The molecule has 2 rings (SSSR count). The van der Waals surface area contributed by atoms with Gasteiger partial charge in [-0.2, -0.15) is 0 Å². The lowest BCUT2D eigenvalue weighted by atomic mass is 10.2. The fraction of sp³-hybridized carbons (Fsp3) is 0.400. The van der Waals surface area contributed by atoms with Gasteiger partial charge in [0.2, 0.25) is 0 Å². The van der Waals surface area contributed by atoms with Crippen LogP contribution in [0.1, 0.15) is 6.92 Å². The first-order chi connectivity index (χ1) is 6.25. The predicted molar refractivity (Wildman–Crippen MR) is 54.8 cm³/mol. The Morgan fingerprint density at radius 2 is 2.38 bits per heavy atom. The van der Waals surface area contributed by atoms with Crippen LogP contribution in [-0.4, -0.2) is 12.3 Å². The molecule has 1 aromatic carbocycles. The molecule has 13 heavy (non-hydrogen) atoms. The van der Waals surface area contributed by atoms with Crippen molar-refractivity contribution in [1.82, 2.24) is 0 Å². The first-order valence-electron chi connectivity index (χ1n) is 4.42. The molecule has 0 saturated carbocycles. The summed E-state index contributed by atoms with van der Waals surface area (Å²) in [6.45, 7) is 3.13. The summed E-state index contributed by atoms with van der Waals surface area (Å²) in [5, 5.41) is 3.25. The topological polar surface area (TPSA) is 12.0 Å². The Morgan fingerprint density at radius 1 is 1.54 bits per heavy atom. The highest BCUT2D eigenvalue weighted by Gasteiger charge is 2.12. The van der Waals surface area contributed by atoms with Gasteiger partial charge in [0.05, 0.1) is 5.69 Å². The van der Waals surface area contributed by atoms with Gasteiger partial charge in [-0.15, -0.1) is 11.8 Å². The quantitative estimate of drug-likeness (QED) is 0.686. The lowest BCUT2D eigenvalue weighted by molar-refractivity contribution is 0.626. The van der Waals surface area contributed by atoms with Crippen molar-refractivity contribution in [3.63, 3.8) is 0 Å². The minimum Gasteiger partial charge on any atom is -0.384 e. The second-order valence-electron chi connectivity index (χ2n) is 3.44. The van der Waals surface area contributed by atoms with Crippen molar-refractivity contribution in [2.24, 2.45) is 5.92 Å². The summed E-state index contributed by atoms with van der Waals surface area (Å²) >= 11 is 1.80. The number of thioether (sulfide) groups is 1. The SMILES string of the molecule is CC1CNc2cc(F)ccc2SC1. The van der Waals surface area contributed by atoms with E-state index in [1.54, 1.807) is 17.8 Å². The molecule has 0 saturated heterocycles. The fourth-order valence-electron chi connectivity index (χ4n) is 1.34. The summed E-state index contributed by atoms with van der Waals surface area (Å²) in [4.78, 5) is 1.16. The van der Waals surface area contributed by atoms with Crippen LogP contribution < -0.4 is 5.32 Å². The average molecular weight is 197 g/mol. The van der Waals surface area contributed by atoms with Gasteiger partial charge >= 0.3 is 0 Å². The maximum absolute atomic E-state index is 12.9. The first-order valence-corrected chi connectivity index (χ1v) is 5.40. The Balaban J connectivity index is 2.30. The number of benzene rings is 1. The van der Waals surface area contributed by atoms with E-state index >= 15 is 0 Å². The van der Waals surface area contributed by atoms with Gasteiger partial charge in [-0.1, -0.05) is 6.92 Å². The third-order valence-corrected chi connectivity index (χ3v) is 3.51. The summed E-state index contributed by atoms with van der Waals surface area (Å²) in [5.41, 5.74) is 0.939. The standard InChI is InChI=1S/C10H12FNS/c1-7-5-12-9-4-8(11)2-3-10(9)13-6-7/h2-4,7,12H,5-6H2,1H3. The molecule has 0 bridgehead atoms. The molecule has 1 aliphatic rings. The molecule has 0 fully saturated rings. The van der Waals surface area contributed by atoms with Crippen molar-refractivity contribution in [2.75, 3.05) is 17.6 Å². The van der Waals surface area contributed by atoms with Crippen LogP contribution in [0.2, 0.25) is 0 Å². The molecule has 0 amide bonds. The highest BCUT2D eigenvalue weighted by atomic mass is 32.2. The summed E-state index contributed by atoms with van der Waals surface area (Å²) in [7, 11) is 0. The van der Waals surface area contributed by atoms with Gasteiger partial charge in [0.25, 0.3) is 0 Å². The van der Waals surface area contributed by atoms with Gasteiger partial charge in [0, 0.05) is 17.2 Å². The van der Waals surface area contributed by atoms with Crippen LogP contribution in [-0.2, 0) is 0 Å². The van der Waals surface area contributed by atoms with Crippen molar-refractivity contribution in [1.29, 1.82) is 0 Å². The third kappa shape index (κ3) is 1.97. The lowest BCUT2D eigenvalue weighted by Crippen LogP contribution is -2.10. The Hall–Kier alpha value is -0.700. The van der Waals surface area contributed by atoms with Crippen LogP contribution in [0, 0.1) is 11.7 Å². The molecule has 0 radical (unpaired) electrons. The molecule has 1 aromatic rings.